The van der Waals surface area contributed by atoms with Gasteiger partial charge in [-0.1, -0.05) is 42.6 Å². The second-order valence-corrected chi connectivity index (χ2v) is 7.50. The molecule has 6 nitrogen and oxygen atoms in total. The Bertz CT molecular complexity index is 716. The molecule has 1 spiro atoms. The first kappa shape index (κ1) is 18.7. The molecule has 1 aliphatic heterocycles. The Kier molecular flexibility index (Phi) is 5.51. The van der Waals surface area contributed by atoms with E-state index >= 15 is 0 Å². The number of carbonyl (C=O) groups excluding carboxylic acids is 3. The first-order valence-corrected chi connectivity index (χ1v) is 9.49. The summed E-state index contributed by atoms with van der Waals surface area (Å²) in [7, 11) is 0. The Morgan fingerprint density at radius 3 is 2.69 bits per heavy atom. The van der Waals surface area contributed by atoms with Crippen molar-refractivity contribution in [3.05, 3.63) is 34.9 Å². The van der Waals surface area contributed by atoms with Crippen LogP contribution in [0.1, 0.15) is 57.1 Å². The number of hydrogen-bond donors (Lipinski definition) is 2. The molecule has 1 saturated heterocycles. The zero-order valence-electron chi connectivity index (χ0n) is 14.9. The number of benzene rings is 1. The molecule has 1 saturated carbocycles. The molecule has 7 heteroatoms. The second-order valence-electron chi connectivity index (χ2n) is 7.09. The molecule has 1 atom stereocenters. The molecule has 26 heavy (non-hydrogen) atoms. The summed E-state index contributed by atoms with van der Waals surface area (Å²) in [6, 6.07) is 6.85. The van der Waals surface area contributed by atoms with Gasteiger partial charge in [-0.2, -0.15) is 0 Å². The smallest absolute Gasteiger partial charge is 0.325 e. The Hall–Kier alpha value is -2.08. The highest BCUT2D eigenvalue weighted by Crippen LogP contribution is 2.35. The minimum Gasteiger partial charge on any atom is -0.350 e. The maximum Gasteiger partial charge on any atom is 0.325 e. The Morgan fingerprint density at radius 1 is 1.31 bits per heavy atom. The number of carbonyl (C=O) groups is 3. The van der Waals surface area contributed by atoms with E-state index in [4.69, 9.17) is 11.6 Å². The van der Waals surface area contributed by atoms with Crippen molar-refractivity contribution in [1.29, 1.82) is 0 Å². The van der Waals surface area contributed by atoms with Gasteiger partial charge in [0.2, 0.25) is 5.91 Å². The Labute approximate surface area is 158 Å². The van der Waals surface area contributed by atoms with Gasteiger partial charge >= 0.3 is 6.03 Å². The van der Waals surface area contributed by atoms with Gasteiger partial charge in [0.25, 0.3) is 5.91 Å². The summed E-state index contributed by atoms with van der Waals surface area (Å²) in [6.45, 7) is 2.14. The third-order valence-electron chi connectivity index (χ3n) is 5.24. The van der Waals surface area contributed by atoms with Gasteiger partial charge in [-0.05, 0) is 37.8 Å². The van der Waals surface area contributed by atoms with Gasteiger partial charge in [0.15, 0.2) is 0 Å². The van der Waals surface area contributed by atoms with E-state index in [-0.39, 0.29) is 36.9 Å². The lowest BCUT2D eigenvalue weighted by atomic mass is 9.98. The van der Waals surface area contributed by atoms with Crippen molar-refractivity contribution in [2.45, 2.75) is 57.0 Å². The quantitative estimate of drug-likeness (QED) is 0.747. The molecule has 1 aliphatic carbocycles. The number of urea groups is 1. The van der Waals surface area contributed by atoms with Crippen molar-refractivity contribution in [3.8, 4) is 0 Å². The predicted molar refractivity (Wildman–Crippen MR) is 98.7 cm³/mol. The van der Waals surface area contributed by atoms with Crippen LogP contribution in [0.2, 0.25) is 5.02 Å². The van der Waals surface area contributed by atoms with E-state index in [0.29, 0.717) is 24.3 Å². The molecule has 2 fully saturated rings. The number of halogens is 1. The van der Waals surface area contributed by atoms with Gasteiger partial charge in [0, 0.05) is 18.0 Å². The first-order chi connectivity index (χ1) is 12.4. The van der Waals surface area contributed by atoms with Gasteiger partial charge in [-0.25, -0.2) is 4.79 Å². The summed E-state index contributed by atoms with van der Waals surface area (Å²) in [5.41, 5.74) is 0.178. The third-order valence-corrected chi connectivity index (χ3v) is 5.58. The van der Waals surface area contributed by atoms with Crippen LogP contribution in [0.3, 0.4) is 0 Å². The minimum absolute atomic E-state index is 0.125. The number of nitrogens with zero attached hydrogens (tertiary/aromatic N) is 1. The monoisotopic (exact) mass is 377 g/mol. The van der Waals surface area contributed by atoms with E-state index in [2.05, 4.69) is 10.6 Å². The van der Waals surface area contributed by atoms with Crippen LogP contribution in [0.4, 0.5) is 4.79 Å². The maximum atomic E-state index is 12.5. The van der Waals surface area contributed by atoms with Gasteiger partial charge in [0.05, 0.1) is 6.04 Å². The van der Waals surface area contributed by atoms with E-state index in [1.807, 2.05) is 25.1 Å². The highest BCUT2D eigenvalue weighted by molar-refractivity contribution is 6.31. The van der Waals surface area contributed by atoms with Crippen molar-refractivity contribution in [2.24, 2.45) is 0 Å². The zero-order valence-corrected chi connectivity index (χ0v) is 15.6. The van der Waals surface area contributed by atoms with Crippen molar-refractivity contribution >= 4 is 29.4 Å². The van der Waals surface area contributed by atoms with Crippen molar-refractivity contribution < 1.29 is 14.4 Å². The fraction of sp³-hybridized carbons (Fsp3) is 0.526. The summed E-state index contributed by atoms with van der Waals surface area (Å²) in [6.07, 6.45) is 4.04. The molecule has 1 heterocycles. The van der Waals surface area contributed by atoms with Crippen LogP contribution >= 0.6 is 11.6 Å². The molecule has 1 aromatic carbocycles. The summed E-state index contributed by atoms with van der Waals surface area (Å²) in [4.78, 5) is 38.1. The first-order valence-electron chi connectivity index (χ1n) is 9.11. The molecule has 0 bridgehead atoms. The second kappa shape index (κ2) is 7.66. The fourth-order valence-corrected chi connectivity index (χ4v) is 4.11. The highest BCUT2D eigenvalue weighted by Gasteiger charge is 2.51. The van der Waals surface area contributed by atoms with E-state index in [1.54, 1.807) is 6.07 Å². The predicted octanol–water partition coefficient (Wildman–Crippen LogP) is 3.16. The number of rotatable bonds is 6. The normalized spacial score (nSPS) is 19.7. The molecule has 140 valence electrons. The van der Waals surface area contributed by atoms with Gasteiger partial charge < -0.3 is 10.6 Å². The maximum absolute atomic E-state index is 12.5. The molecule has 0 aromatic heterocycles. The average molecular weight is 378 g/mol. The van der Waals surface area contributed by atoms with Crippen LogP contribution in [0, 0.1) is 0 Å². The van der Waals surface area contributed by atoms with E-state index in [0.717, 1.165) is 18.4 Å². The number of amides is 4. The molecular formula is C19H24ClN3O3. The van der Waals surface area contributed by atoms with Crippen LogP contribution in [0.15, 0.2) is 24.3 Å². The van der Waals surface area contributed by atoms with Gasteiger partial charge in [0.1, 0.15) is 5.54 Å². The Balaban J connectivity index is 1.47. The topological polar surface area (TPSA) is 78.5 Å². The number of hydrogen-bond acceptors (Lipinski definition) is 3. The molecule has 1 unspecified atom stereocenters. The van der Waals surface area contributed by atoms with Crippen molar-refractivity contribution in [1.82, 2.24) is 15.5 Å². The molecular weight excluding hydrogens is 354 g/mol. The van der Waals surface area contributed by atoms with Crippen molar-refractivity contribution in [3.63, 3.8) is 0 Å². The summed E-state index contributed by atoms with van der Waals surface area (Å²) < 4.78 is 0. The van der Waals surface area contributed by atoms with Crippen LogP contribution in [-0.4, -0.2) is 34.8 Å². The van der Waals surface area contributed by atoms with Crippen molar-refractivity contribution in [2.75, 3.05) is 6.54 Å². The minimum atomic E-state index is -0.683. The lowest BCUT2D eigenvalue weighted by Gasteiger charge is -2.20. The fourth-order valence-electron chi connectivity index (χ4n) is 3.81. The number of imide groups is 1. The van der Waals surface area contributed by atoms with Crippen LogP contribution in [0.5, 0.6) is 0 Å². The third kappa shape index (κ3) is 3.70. The molecule has 1 aromatic rings. The lowest BCUT2D eigenvalue weighted by Crippen LogP contribution is -2.44. The van der Waals surface area contributed by atoms with E-state index < -0.39 is 5.54 Å². The lowest BCUT2D eigenvalue weighted by molar-refractivity contribution is -0.131. The molecule has 4 amide bonds. The molecule has 2 N–H and O–H groups in total. The Morgan fingerprint density at radius 2 is 2.00 bits per heavy atom. The zero-order chi connectivity index (χ0) is 18.7. The van der Waals surface area contributed by atoms with Crippen LogP contribution < -0.4 is 10.6 Å². The molecule has 2 aliphatic rings. The van der Waals surface area contributed by atoms with E-state index in [9.17, 15) is 14.4 Å². The summed E-state index contributed by atoms with van der Waals surface area (Å²) in [5.74, 6) is -0.259. The molecule has 3 rings (SSSR count). The average Bonchev–Trinajstić information content (AvgIpc) is 3.15. The van der Waals surface area contributed by atoms with Crippen LogP contribution in [0.25, 0.3) is 0 Å². The van der Waals surface area contributed by atoms with E-state index in [1.165, 1.54) is 4.90 Å². The number of nitrogens with one attached hydrogen (secondary N) is 2. The largest absolute Gasteiger partial charge is 0.350 e. The summed E-state index contributed by atoms with van der Waals surface area (Å²) in [5, 5.41) is 6.37. The highest BCUT2D eigenvalue weighted by atomic mass is 35.5. The van der Waals surface area contributed by atoms with Gasteiger partial charge in [-0.3, -0.25) is 14.5 Å². The van der Waals surface area contributed by atoms with Crippen LogP contribution in [-0.2, 0) is 9.59 Å². The summed E-state index contributed by atoms with van der Waals surface area (Å²) >= 11 is 6.14. The van der Waals surface area contributed by atoms with Gasteiger partial charge in [-0.15, -0.1) is 0 Å². The molecule has 0 radical (unpaired) electrons. The standard InChI is InChI=1S/C19H24ClN3O3/c1-13(14-7-2-3-8-15(14)20)21-16(24)9-6-12-23-17(25)19(22-18(23)26)10-4-5-11-19/h2-3,7-8,13H,4-6,9-12H2,1H3,(H,21,24)(H,22,26). The SMILES string of the molecule is CC(NC(=O)CCCN1C(=O)NC2(CCCC2)C1=O)c1ccccc1Cl.